The van der Waals surface area contributed by atoms with Crippen LogP contribution in [-0.4, -0.2) is 13.1 Å². The number of rotatable bonds is 7. The average Bonchev–Trinajstić information content (AvgIpc) is 2.39. The molecule has 0 spiro atoms. The van der Waals surface area contributed by atoms with E-state index in [-0.39, 0.29) is 11.9 Å². The summed E-state index contributed by atoms with van der Waals surface area (Å²) in [4.78, 5) is 2.25. The molecule has 3 heteroatoms. The van der Waals surface area contributed by atoms with Gasteiger partial charge in [-0.25, -0.2) is 4.39 Å². The van der Waals surface area contributed by atoms with Crippen LogP contribution in [0.2, 0.25) is 0 Å². The lowest BCUT2D eigenvalue weighted by atomic mass is 10.0. The monoisotopic (exact) mass is 266 g/mol. The largest absolute Gasteiger partial charge is 0.371 e. The van der Waals surface area contributed by atoms with Crippen LogP contribution in [0, 0.1) is 11.7 Å². The van der Waals surface area contributed by atoms with E-state index in [2.05, 4.69) is 25.7 Å². The molecule has 108 valence electrons. The van der Waals surface area contributed by atoms with E-state index in [0.29, 0.717) is 11.5 Å². The summed E-state index contributed by atoms with van der Waals surface area (Å²) in [6.45, 7) is 10.2. The van der Waals surface area contributed by atoms with Crippen LogP contribution in [0.4, 0.5) is 10.1 Å². The molecule has 0 amide bonds. The van der Waals surface area contributed by atoms with Crippen molar-refractivity contribution in [1.82, 2.24) is 0 Å². The molecule has 1 unspecified atom stereocenters. The third-order valence-electron chi connectivity index (χ3n) is 3.84. The summed E-state index contributed by atoms with van der Waals surface area (Å²) >= 11 is 0. The molecular weight excluding hydrogens is 239 g/mol. The van der Waals surface area contributed by atoms with Gasteiger partial charge in [0.2, 0.25) is 0 Å². The second kappa shape index (κ2) is 7.49. The minimum atomic E-state index is -0.285. The molecule has 1 atom stereocenters. The highest BCUT2D eigenvalue weighted by Crippen LogP contribution is 2.29. The van der Waals surface area contributed by atoms with Gasteiger partial charge in [-0.3, -0.25) is 0 Å². The normalized spacial score (nSPS) is 12.8. The molecule has 0 aliphatic heterocycles. The van der Waals surface area contributed by atoms with E-state index in [1.807, 2.05) is 13.0 Å². The second-order valence-electron chi connectivity index (χ2n) is 5.18. The minimum absolute atomic E-state index is 0.199. The molecule has 2 N–H and O–H groups in total. The summed E-state index contributed by atoms with van der Waals surface area (Å²) < 4.78 is 14.0. The van der Waals surface area contributed by atoms with Crippen molar-refractivity contribution in [2.45, 2.75) is 46.6 Å². The van der Waals surface area contributed by atoms with Gasteiger partial charge >= 0.3 is 0 Å². The zero-order valence-electron chi connectivity index (χ0n) is 12.6. The van der Waals surface area contributed by atoms with Crippen LogP contribution in [0.15, 0.2) is 18.2 Å². The molecule has 0 radical (unpaired) electrons. The van der Waals surface area contributed by atoms with Crippen LogP contribution in [0.3, 0.4) is 0 Å². The van der Waals surface area contributed by atoms with Crippen molar-refractivity contribution >= 4 is 5.69 Å². The van der Waals surface area contributed by atoms with Gasteiger partial charge in [0.05, 0.1) is 0 Å². The number of nitrogens with two attached hydrogens (primary N) is 1. The van der Waals surface area contributed by atoms with Crippen LogP contribution in [0.25, 0.3) is 0 Å². The first kappa shape index (κ1) is 16.0. The molecule has 0 fully saturated rings. The Morgan fingerprint density at radius 3 is 2.32 bits per heavy atom. The van der Waals surface area contributed by atoms with Gasteiger partial charge in [0, 0.05) is 30.4 Å². The van der Waals surface area contributed by atoms with Crippen molar-refractivity contribution < 1.29 is 4.39 Å². The van der Waals surface area contributed by atoms with E-state index in [1.165, 1.54) is 6.07 Å². The van der Waals surface area contributed by atoms with Gasteiger partial charge in [0.15, 0.2) is 0 Å². The highest BCUT2D eigenvalue weighted by atomic mass is 19.1. The highest BCUT2D eigenvalue weighted by molar-refractivity contribution is 5.55. The average molecular weight is 266 g/mol. The molecule has 1 aromatic rings. The Hall–Kier alpha value is -1.09. The Bertz CT molecular complexity index is 386. The molecule has 0 aromatic heterocycles. The molecule has 0 bridgehead atoms. The van der Waals surface area contributed by atoms with Gasteiger partial charge in [-0.2, -0.15) is 0 Å². The van der Waals surface area contributed by atoms with Crippen LogP contribution in [-0.2, 0) is 0 Å². The fourth-order valence-corrected chi connectivity index (χ4v) is 2.51. The zero-order valence-corrected chi connectivity index (χ0v) is 12.6. The maximum atomic E-state index is 14.0. The number of anilines is 1. The predicted molar refractivity (Wildman–Crippen MR) is 81.0 cm³/mol. The summed E-state index contributed by atoms with van der Waals surface area (Å²) in [6.07, 6.45) is 2.30. The Morgan fingerprint density at radius 1 is 1.21 bits per heavy atom. The first-order valence-corrected chi connectivity index (χ1v) is 7.33. The van der Waals surface area contributed by atoms with E-state index >= 15 is 0 Å². The van der Waals surface area contributed by atoms with Crippen LogP contribution in [0.1, 0.15) is 52.1 Å². The molecule has 1 rings (SSSR count). The van der Waals surface area contributed by atoms with Crippen molar-refractivity contribution in [3.8, 4) is 0 Å². The van der Waals surface area contributed by atoms with E-state index in [1.54, 1.807) is 6.07 Å². The van der Waals surface area contributed by atoms with E-state index in [9.17, 15) is 4.39 Å². The number of hydrogen-bond donors (Lipinski definition) is 1. The van der Waals surface area contributed by atoms with E-state index < -0.39 is 0 Å². The number of benzene rings is 1. The second-order valence-corrected chi connectivity index (χ2v) is 5.18. The van der Waals surface area contributed by atoms with E-state index in [4.69, 9.17) is 5.73 Å². The molecule has 19 heavy (non-hydrogen) atoms. The van der Waals surface area contributed by atoms with Crippen molar-refractivity contribution in [2.24, 2.45) is 11.7 Å². The summed E-state index contributed by atoms with van der Waals surface area (Å²) in [6, 6.07) is 4.96. The smallest absolute Gasteiger partial charge is 0.130 e. The van der Waals surface area contributed by atoms with Gasteiger partial charge in [0.25, 0.3) is 0 Å². The predicted octanol–water partition coefficient (Wildman–Crippen LogP) is 4.11. The van der Waals surface area contributed by atoms with Gasteiger partial charge in [-0.1, -0.05) is 32.8 Å². The van der Waals surface area contributed by atoms with Crippen molar-refractivity contribution in [3.63, 3.8) is 0 Å². The molecule has 1 aromatic carbocycles. The summed E-state index contributed by atoms with van der Waals surface area (Å²) in [7, 11) is 0. The van der Waals surface area contributed by atoms with Gasteiger partial charge in [-0.05, 0) is 31.9 Å². The van der Waals surface area contributed by atoms with Crippen LogP contribution < -0.4 is 10.6 Å². The van der Waals surface area contributed by atoms with Crippen LogP contribution in [0.5, 0.6) is 0 Å². The molecule has 0 heterocycles. The molecule has 0 saturated heterocycles. The van der Waals surface area contributed by atoms with Gasteiger partial charge < -0.3 is 10.6 Å². The standard InChI is InChI=1S/C16H27FN2/c1-5-13(6-2)11-19(7-3)15-10-8-9-14(17)16(15)12(4)18/h8-10,12-13H,5-7,11,18H2,1-4H3. The Labute approximate surface area is 116 Å². The first-order chi connectivity index (χ1) is 9.04. The molecule has 0 aliphatic rings. The zero-order chi connectivity index (χ0) is 14.4. The quantitative estimate of drug-likeness (QED) is 0.804. The lowest BCUT2D eigenvalue weighted by Gasteiger charge is -2.30. The maximum Gasteiger partial charge on any atom is 0.130 e. The summed E-state index contributed by atoms with van der Waals surface area (Å²) in [5, 5.41) is 0. The summed E-state index contributed by atoms with van der Waals surface area (Å²) in [5.41, 5.74) is 7.52. The summed E-state index contributed by atoms with van der Waals surface area (Å²) in [5.74, 6) is 0.444. The van der Waals surface area contributed by atoms with Gasteiger partial charge in [-0.15, -0.1) is 0 Å². The van der Waals surface area contributed by atoms with Crippen LogP contribution >= 0.6 is 0 Å². The Morgan fingerprint density at radius 2 is 1.84 bits per heavy atom. The SMILES string of the molecule is CCC(CC)CN(CC)c1cccc(F)c1C(C)N. The Balaban J connectivity index is 3.07. The third-order valence-corrected chi connectivity index (χ3v) is 3.84. The number of nitrogens with zero attached hydrogens (tertiary/aromatic N) is 1. The number of halogens is 1. The topological polar surface area (TPSA) is 29.3 Å². The lowest BCUT2D eigenvalue weighted by Crippen LogP contribution is -2.31. The van der Waals surface area contributed by atoms with Gasteiger partial charge in [0.1, 0.15) is 5.82 Å². The van der Waals surface area contributed by atoms with Crippen molar-refractivity contribution in [2.75, 3.05) is 18.0 Å². The van der Waals surface area contributed by atoms with Crippen molar-refractivity contribution in [3.05, 3.63) is 29.6 Å². The fourth-order valence-electron chi connectivity index (χ4n) is 2.51. The fraction of sp³-hybridized carbons (Fsp3) is 0.625. The highest BCUT2D eigenvalue weighted by Gasteiger charge is 2.18. The maximum absolute atomic E-state index is 14.0. The minimum Gasteiger partial charge on any atom is -0.371 e. The molecule has 2 nitrogen and oxygen atoms in total. The molecule has 0 saturated carbocycles. The lowest BCUT2D eigenvalue weighted by molar-refractivity contribution is 0.484. The van der Waals surface area contributed by atoms with Crippen molar-refractivity contribution in [1.29, 1.82) is 0 Å². The molecular formula is C16H27FN2. The number of hydrogen-bond acceptors (Lipinski definition) is 2. The first-order valence-electron chi connectivity index (χ1n) is 7.33. The third kappa shape index (κ3) is 3.93. The Kier molecular flexibility index (Phi) is 6.29. The molecule has 0 aliphatic carbocycles. The van der Waals surface area contributed by atoms with E-state index in [0.717, 1.165) is 31.6 Å².